The maximum atomic E-state index is 11.9. The third kappa shape index (κ3) is 3.00. The maximum Gasteiger partial charge on any atom is 0.408 e. The quantitative estimate of drug-likeness (QED) is 0.813. The molecule has 2 N–H and O–H groups in total. The molecule has 1 amide bonds. The number of carboxylic acids is 1. The molecule has 6 heteroatoms. The van der Waals surface area contributed by atoms with Gasteiger partial charge in [0.15, 0.2) is 0 Å². The average Bonchev–Trinajstić information content (AvgIpc) is 2.55. The first-order valence-corrected chi connectivity index (χ1v) is 6.56. The molecule has 0 aromatic carbocycles. The van der Waals surface area contributed by atoms with Crippen molar-refractivity contribution in [2.24, 2.45) is 5.92 Å². The van der Waals surface area contributed by atoms with Gasteiger partial charge in [0, 0.05) is 12.5 Å². The van der Waals surface area contributed by atoms with E-state index in [1.807, 2.05) is 0 Å². The fourth-order valence-corrected chi connectivity index (χ4v) is 3.00. The molecule has 1 aliphatic heterocycles. The third-order valence-corrected chi connectivity index (χ3v) is 3.70. The number of fused-ring (bicyclic) bond motifs is 1. The second kappa shape index (κ2) is 4.67. The van der Waals surface area contributed by atoms with Crippen LogP contribution in [-0.4, -0.2) is 41.0 Å². The van der Waals surface area contributed by atoms with Gasteiger partial charge in [-0.2, -0.15) is 0 Å². The molecule has 1 aliphatic carbocycles. The zero-order chi connectivity index (χ0) is 14.3. The number of aliphatic carboxylic acids is 1. The average molecular weight is 271 g/mol. The van der Waals surface area contributed by atoms with Gasteiger partial charge >= 0.3 is 12.1 Å². The second-order valence-corrected chi connectivity index (χ2v) is 6.36. The van der Waals surface area contributed by atoms with Crippen LogP contribution in [0.4, 0.5) is 4.79 Å². The van der Waals surface area contributed by atoms with Crippen LogP contribution in [0.1, 0.15) is 40.0 Å². The van der Waals surface area contributed by atoms with Gasteiger partial charge in [-0.1, -0.05) is 0 Å². The molecule has 1 saturated carbocycles. The number of hydrogen-bond acceptors (Lipinski definition) is 4. The Morgan fingerprint density at radius 3 is 2.68 bits per heavy atom. The molecular weight excluding hydrogens is 250 g/mol. The Labute approximate surface area is 112 Å². The zero-order valence-electron chi connectivity index (χ0n) is 11.6. The number of nitrogens with one attached hydrogen (secondary N) is 1. The van der Waals surface area contributed by atoms with Crippen LogP contribution in [0.5, 0.6) is 0 Å². The van der Waals surface area contributed by atoms with Gasteiger partial charge in [0.1, 0.15) is 5.60 Å². The minimum Gasteiger partial charge on any atom is -0.481 e. The Morgan fingerprint density at radius 1 is 1.47 bits per heavy atom. The predicted octanol–water partition coefficient (Wildman–Crippen LogP) is 1.53. The predicted molar refractivity (Wildman–Crippen MR) is 66.8 cm³/mol. The summed E-state index contributed by atoms with van der Waals surface area (Å²) in [7, 11) is 0. The number of hydrogen-bond donors (Lipinski definition) is 2. The molecule has 0 spiro atoms. The lowest BCUT2D eigenvalue weighted by Gasteiger charge is -2.50. The van der Waals surface area contributed by atoms with Crippen LogP contribution in [0, 0.1) is 5.92 Å². The SMILES string of the molecule is CC(C)(C)OC(=O)NC1(CC(=O)O)C[C@H]2OCC[C@H]21. The Kier molecular flexibility index (Phi) is 3.47. The Bertz CT molecular complexity index is 389. The first-order chi connectivity index (χ1) is 8.72. The van der Waals surface area contributed by atoms with E-state index in [9.17, 15) is 9.59 Å². The van der Waals surface area contributed by atoms with Gasteiger partial charge in [0.25, 0.3) is 0 Å². The fourth-order valence-electron chi connectivity index (χ4n) is 3.00. The normalized spacial score (nSPS) is 33.2. The van der Waals surface area contributed by atoms with Crippen molar-refractivity contribution in [3.05, 3.63) is 0 Å². The summed E-state index contributed by atoms with van der Waals surface area (Å²) < 4.78 is 10.7. The molecule has 2 aliphatic rings. The van der Waals surface area contributed by atoms with Gasteiger partial charge in [-0.3, -0.25) is 4.79 Å². The highest BCUT2D eigenvalue weighted by molar-refractivity contribution is 5.73. The van der Waals surface area contributed by atoms with E-state index in [0.29, 0.717) is 13.0 Å². The fraction of sp³-hybridized carbons (Fsp3) is 0.846. The molecule has 108 valence electrons. The van der Waals surface area contributed by atoms with Crippen LogP contribution in [0.15, 0.2) is 0 Å². The zero-order valence-corrected chi connectivity index (χ0v) is 11.6. The summed E-state index contributed by atoms with van der Waals surface area (Å²) in [6.45, 7) is 5.96. The Morgan fingerprint density at radius 2 is 2.16 bits per heavy atom. The summed E-state index contributed by atoms with van der Waals surface area (Å²) in [6.07, 6.45) is 0.765. The molecule has 2 fully saturated rings. The molecule has 0 bridgehead atoms. The molecule has 1 unspecified atom stereocenters. The van der Waals surface area contributed by atoms with E-state index >= 15 is 0 Å². The van der Waals surface area contributed by atoms with E-state index in [1.165, 1.54) is 0 Å². The van der Waals surface area contributed by atoms with E-state index in [2.05, 4.69) is 5.32 Å². The molecule has 2 rings (SSSR count). The summed E-state index contributed by atoms with van der Waals surface area (Å²) in [5.74, 6) is -0.836. The molecule has 0 aromatic heterocycles. The number of rotatable bonds is 3. The highest BCUT2D eigenvalue weighted by Crippen LogP contribution is 2.48. The van der Waals surface area contributed by atoms with E-state index in [1.54, 1.807) is 20.8 Å². The summed E-state index contributed by atoms with van der Waals surface area (Å²) in [5.41, 5.74) is -1.31. The number of ether oxygens (including phenoxy) is 2. The molecule has 6 nitrogen and oxygen atoms in total. The van der Waals surface area contributed by atoms with Crippen LogP contribution in [0.2, 0.25) is 0 Å². The van der Waals surface area contributed by atoms with Crippen LogP contribution in [-0.2, 0) is 14.3 Å². The number of amides is 1. The molecule has 19 heavy (non-hydrogen) atoms. The largest absolute Gasteiger partial charge is 0.481 e. The van der Waals surface area contributed by atoms with Gasteiger partial charge in [0.05, 0.1) is 18.1 Å². The van der Waals surface area contributed by atoms with Crippen molar-refractivity contribution in [2.75, 3.05) is 6.61 Å². The maximum absolute atomic E-state index is 11.9. The number of carboxylic acid groups (broad SMARTS) is 1. The summed E-state index contributed by atoms with van der Waals surface area (Å²) >= 11 is 0. The molecule has 1 heterocycles. The van der Waals surface area contributed by atoms with E-state index < -0.39 is 23.2 Å². The lowest BCUT2D eigenvalue weighted by Crippen LogP contribution is -2.66. The molecule has 0 radical (unpaired) electrons. The van der Waals surface area contributed by atoms with Gasteiger partial charge in [0.2, 0.25) is 0 Å². The lowest BCUT2D eigenvalue weighted by atomic mass is 9.62. The van der Waals surface area contributed by atoms with Crippen molar-refractivity contribution >= 4 is 12.1 Å². The van der Waals surface area contributed by atoms with Crippen molar-refractivity contribution in [1.82, 2.24) is 5.32 Å². The summed E-state index contributed by atoms with van der Waals surface area (Å²) in [6, 6.07) is 0. The first kappa shape index (κ1) is 14.1. The molecular formula is C13H21NO5. The minimum absolute atomic E-state index is 0.0780. The van der Waals surface area contributed by atoms with Crippen LogP contribution < -0.4 is 5.32 Å². The van der Waals surface area contributed by atoms with Crippen LogP contribution in [0.3, 0.4) is 0 Å². The van der Waals surface area contributed by atoms with Crippen molar-refractivity contribution in [3.8, 4) is 0 Å². The monoisotopic (exact) mass is 271 g/mol. The number of carbonyl (C=O) groups excluding carboxylic acids is 1. The summed E-state index contributed by atoms with van der Waals surface area (Å²) in [4.78, 5) is 22.9. The Balaban J connectivity index is 2.03. The van der Waals surface area contributed by atoms with Crippen LogP contribution >= 0.6 is 0 Å². The number of alkyl carbamates (subject to hydrolysis) is 1. The van der Waals surface area contributed by atoms with E-state index in [0.717, 1.165) is 6.42 Å². The van der Waals surface area contributed by atoms with Gasteiger partial charge in [-0.05, 0) is 33.6 Å². The standard InChI is InChI=1S/C13H21NO5/c1-12(2,3)19-11(17)14-13(7-10(15)16)6-9-8(13)4-5-18-9/h8-9H,4-7H2,1-3H3,(H,14,17)(H,15,16)/t8-,9-,13?/m1/s1. The first-order valence-electron chi connectivity index (χ1n) is 6.56. The molecule has 3 atom stereocenters. The third-order valence-electron chi connectivity index (χ3n) is 3.70. The van der Waals surface area contributed by atoms with E-state index in [-0.39, 0.29) is 18.4 Å². The van der Waals surface area contributed by atoms with Crippen molar-refractivity contribution in [3.63, 3.8) is 0 Å². The van der Waals surface area contributed by atoms with Gasteiger partial charge in [-0.15, -0.1) is 0 Å². The molecule has 0 aromatic rings. The molecule has 1 saturated heterocycles. The number of carbonyl (C=O) groups is 2. The van der Waals surface area contributed by atoms with Crippen molar-refractivity contribution in [2.45, 2.75) is 57.3 Å². The van der Waals surface area contributed by atoms with E-state index in [4.69, 9.17) is 14.6 Å². The highest BCUT2D eigenvalue weighted by atomic mass is 16.6. The second-order valence-electron chi connectivity index (χ2n) is 6.36. The topological polar surface area (TPSA) is 84.9 Å². The van der Waals surface area contributed by atoms with Gasteiger partial charge < -0.3 is 19.9 Å². The van der Waals surface area contributed by atoms with Crippen molar-refractivity contribution in [1.29, 1.82) is 0 Å². The Hall–Kier alpha value is -1.30. The highest BCUT2D eigenvalue weighted by Gasteiger charge is 2.58. The minimum atomic E-state index is -0.915. The van der Waals surface area contributed by atoms with Crippen molar-refractivity contribution < 1.29 is 24.2 Å². The van der Waals surface area contributed by atoms with Gasteiger partial charge in [-0.25, -0.2) is 4.79 Å². The summed E-state index contributed by atoms with van der Waals surface area (Å²) in [5, 5.41) is 11.8. The van der Waals surface area contributed by atoms with Crippen LogP contribution in [0.25, 0.3) is 0 Å². The smallest absolute Gasteiger partial charge is 0.408 e. The lowest BCUT2D eigenvalue weighted by molar-refractivity contribution is -0.143.